The van der Waals surface area contributed by atoms with Crippen molar-refractivity contribution in [1.29, 1.82) is 0 Å². The Morgan fingerprint density at radius 3 is 1.59 bits per heavy atom. The van der Waals surface area contributed by atoms with Crippen LogP contribution in [0, 0.1) is 10.1 Å². The number of anilines is 3. The van der Waals surface area contributed by atoms with Gasteiger partial charge >= 0.3 is 0 Å². The van der Waals surface area contributed by atoms with Gasteiger partial charge in [0.15, 0.2) is 0 Å². The van der Waals surface area contributed by atoms with Crippen molar-refractivity contribution in [3.63, 3.8) is 0 Å². The fourth-order valence-corrected chi connectivity index (χ4v) is 3.09. The van der Waals surface area contributed by atoms with E-state index in [2.05, 4.69) is 20.6 Å². The number of nitrogens with one attached hydrogen (secondary N) is 2. The van der Waals surface area contributed by atoms with Gasteiger partial charge in [-0.1, -0.05) is 7.43 Å². The fraction of sp³-hybridized carbons (Fsp3) is 0.111. The first-order chi connectivity index (χ1) is 19.1. The number of amides is 2. The van der Waals surface area contributed by atoms with Gasteiger partial charge in [0.25, 0.3) is 17.5 Å². The number of ether oxygens (including phenoxy) is 2. The van der Waals surface area contributed by atoms with Gasteiger partial charge in [0.1, 0.15) is 40.1 Å². The zero-order valence-electron chi connectivity index (χ0n) is 21.5. The highest BCUT2D eigenvalue weighted by atomic mass is 16.6. The molecular weight excluding hydrogens is 532 g/mol. The van der Waals surface area contributed by atoms with E-state index in [0.717, 1.165) is 0 Å². The number of nitrogens with two attached hydrogens (primary N) is 3. The molecule has 2 aromatic carbocycles. The number of nitro benzene ring substituents is 1. The average molecular weight is 563 g/mol. The maximum absolute atomic E-state index is 11.5. The molecule has 4 rings (SSSR count). The number of pyridine rings is 2. The van der Waals surface area contributed by atoms with E-state index >= 15 is 0 Å². The number of hydrogen-bond acceptors (Lipinski definition) is 11. The maximum atomic E-state index is 11.5. The number of aromatic nitrogens is 2. The number of nitrogens with zero attached hydrogens (tertiary/aromatic N) is 3. The molecule has 14 nitrogen and oxygen atoms in total. The summed E-state index contributed by atoms with van der Waals surface area (Å²) in [6.07, 6.45) is 2.91. The summed E-state index contributed by atoms with van der Waals surface area (Å²) in [4.78, 5) is 41.0. The van der Waals surface area contributed by atoms with E-state index in [4.69, 9.17) is 26.7 Å². The van der Waals surface area contributed by atoms with Crippen LogP contribution in [0.15, 0.2) is 73.1 Å². The lowest BCUT2D eigenvalue weighted by Crippen LogP contribution is -2.18. The van der Waals surface area contributed by atoms with Crippen LogP contribution >= 0.6 is 0 Å². The highest BCUT2D eigenvalue weighted by Gasteiger charge is 2.14. The van der Waals surface area contributed by atoms with Gasteiger partial charge in [0.2, 0.25) is 0 Å². The normalized spacial score (nSPS) is 9.71. The van der Waals surface area contributed by atoms with Crippen molar-refractivity contribution in [1.82, 2.24) is 20.6 Å². The van der Waals surface area contributed by atoms with Crippen molar-refractivity contribution in [2.45, 2.75) is 7.43 Å². The number of carbonyl (C=O) groups excluding carboxylic acids is 2. The lowest BCUT2D eigenvalue weighted by atomic mass is 10.2. The van der Waals surface area contributed by atoms with E-state index in [0.29, 0.717) is 28.6 Å². The van der Waals surface area contributed by atoms with Crippen molar-refractivity contribution in [2.75, 3.05) is 31.3 Å². The second-order valence-electron chi connectivity index (χ2n) is 7.88. The minimum Gasteiger partial charge on any atom is -0.457 e. The molecule has 0 aliphatic rings. The minimum absolute atomic E-state index is 0. The molecule has 0 saturated heterocycles. The molecule has 0 unspecified atom stereocenters. The number of nitro groups is 1. The Labute approximate surface area is 235 Å². The van der Waals surface area contributed by atoms with Crippen molar-refractivity contribution in [3.05, 3.63) is 94.6 Å². The van der Waals surface area contributed by atoms with E-state index in [1.54, 1.807) is 30.3 Å². The summed E-state index contributed by atoms with van der Waals surface area (Å²) < 4.78 is 11.1. The van der Waals surface area contributed by atoms with Gasteiger partial charge in [-0.2, -0.15) is 0 Å². The van der Waals surface area contributed by atoms with Crippen LogP contribution in [0.2, 0.25) is 0 Å². The smallest absolute Gasteiger partial charge is 0.295 e. The van der Waals surface area contributed by atoms with Crippen LogP contribution in [-0.4, -0.2) is 40.8 Å². The molecule has 0 spiro atoms. The molecular formula is C27H30N8O6. The predicted molar refractivity (Wildman–Crippen MR) is 155 cm³/mol. The van der Waals surface area contributed by atoms with Crippen LogP contribution in [0.25, 0.3) is 0 Å². The van der Waals surface area contributed by atoms with Crippen LogP contribution in [0.1, 0.15) is 28.4 Å². The van der Waals surface area contributed by atoms with Crippen molar-refractivity contribution >= 4 is 34.6 Å². The number of rotatable bonds is 7. The molecule has 0 fully saturated rings. The molecule has 2 aromatic heterocycles. The third-order valence-electron chi connectivity index (χ3n) is 5.11. The lowest BCUT2D eigenvalue weighted by Gasteiger charge is -2.08. The van der Waals surface area contributed by atoms with Crippen LogP contribution in [0.5, 0.6) is 23.0 Å². The zero-order valence-corrected chi connectivity index (χ0v) is 21.5. The molecule has 0 bridgehead atoms. The Hall–Kier alpha value is -5.92. The molecule has 0 aliphatic carbocycles. The Morgan fingerprint density at radius 1 is 0.707 bits per heavy atom. The van der Waals surface area contributed by atoms with Crippen LogP contribution in [0.3, 0.4) is 0 Å². The Kier molecular flexibility index (Phi) is 10.9. The summed E-state index contributed by atoms with van der Waals surface area (Å²) in [5, 5.41) is 15.8. The number of hydrogen-bond donors (Lipinski definition) is 5. The van der Waals surface area contributed by atoms with Gasteiger partial charge in [-0.15, -0.1) is 0 Å². The van der Waals surface area contributed by atoms with E-state index in [9.17, 15) is 19.7 Å². The van der Waals surface area contributed by atoms with Gasteiger partial charge < -0.3 is 37.3 Å². The third-order valence-corrected chi connectivity index (χ3v) is 5.11. The Morgan fingerprint density at radius 2 is 1.15 bits per heavy atom. The summed E-state index contributed by atoms with van der Waals surface area (Å²) in [7, 11) is 3.03. The van der Waals surface area contributed by atoms with Crippen molar-refractivity contribution in [2.24, 2.45) is 0 Å². The molecule has 2 heterocycles. The maximum Gasteiger partial charge on any atom is 0.295 e. The summed E-state index contributed by atoms with van der Waals surface area (Å²) in [5.41, 5.74) is 18.0. The third kappa shape index (κ3) is 8.54. The van der Waals surface area contributed by atoms with Gasteiger partial charge in [-0.05, 0) is 36.4 Å². The fourth-order valence-electron chi connectivity index (χ4n) is 3.09. The van der Waals surface area contributed by atoms with E-state index < -0.39 is 4.92 Å². The topological polar surface area (TPSA) is 224 Å². The van der Waals surface area contributed by atoms with E-state index in [1.165, 1.54) is 56.8 Å². The number of nitrogen functional groups attached to an aromatic ring is 3. The number of carbonyl (C=O) groups is 2. The molecule has 8 N–H and O–H groups in total. The van der Waals surface area contributed by atoms with E-state index in [1.807, 2.05) is 0 Å². The average Bonchev–Trinajstić information content (AvgIpc) is 2.95. The first-order valence-corrected chi connectivity index (χ1v) is 11.5. The molecule has 0 radical (unpaired) electrons. The first kappa shape index (κ1) is 31.3. The van der Waals surface area contributed by atoms with E-state index in [-0.39, 0.29) is 47.8 Å². The highest BCUT2D eigenvalue weighted by molar-refractivity contribution is 5.92. The van der Waals surface area contributed by atoms with Crippen LogP contribution in [-0.2, 0) is 0 Å². The largest absolute Gasteiger partial charge is 0.457 e. The molecule has 2 amide bonds. The summed E-state index contributed by atoms with van der Waals surface area (Å²) in [6, 6.07) is 15.2. The first-order valence-electron chi connectivity index (χ1n) is 11.5. The Bertz CT molecular complexity index is 1550. The summed E-state index contributed by atoms with van der Waals surface area (Å²) >= 11 is 0. The second kappa shape index (κ2) is 14.3. The standard InChI is InChI=1S/C13H12N4O4.C13H14N4O2.CH4/c1-15-13(18)11-6-9(4-5-16-11)21-8-2-3-10(14)12(7-8)17(19)20;1-16-13(18)12-7-9(4-5-17-12)19-8-2-3-10(14)11(15)6-8;/h2-7H,14H2,1H3,(H,15,18);2-7H,14-15H2,1H3,(H,16,18);1H4. The molecule has 0 aliphatic heterocycles. The quantitative estimate of drug-likeness (QED) is 0.124. The SMILES string of the molecule is C.CNC(=O)c1cc(Oc2ccc(N)c(N)c2)ccn1.CNC(=O)c1cc(Oc2ccc(N)c([N+](=O)[O-])c2)ccn1. The highest BCUT2D eigenvalue weighted by Crippen LogP contribution is 2.30. The summed E-state index contributed by atoms with van der Waals surface area (Å²) in [5.74, 6) is 0.983. The molecule has 214 valence electrons. The molecule has 0 saturated carbocycles. The lowest BCUT2D eigenvalue weighted by molar-refractivity contribution is -0.384. The predicted octanol–water partition coefficient (Wildman–Crippen LogP) is 3.76. The van der Waals surface area contributed by atoms with Gasteiger partial charge in [-0.3, -0.25) is 29.7 Å². The van der Waals surface area contributed by atoms with Crippen molar-refractivity contribution < 1.29 is 24.0 Å². The monoisotopic (exact) mass is 562 g/mol. The second-order valence-corrected chi connectivity index (χ2v) is 7.88. The molecule has 4 aromatic rings. The van der Waals surface area contributed by atoms with Crippen LogP contribution < -0.4 is 37.3 Å². The van der Waals surface area contributed by atoms with Gasteiger partial charge in [-0.25, -0.2) is 0 Å². The molecule has 14 heteroatoms. The van der Waals surface area contributed by atoms with Crippen molar-refractivity contribution in [3.8, 4) is 23.0 Å². The minimum atomic E-state index is -0.593. The number of benzene rings is 2. The molecule has 0 atom stereocenters. The molecule has 41 heavy (non-hydrogen) atoms. The van der Waals surface area contributed by atoms with Gasteiger partial charge in [0, 0.05) is 44.7 Å². The Balaban J connectivity index is 0.000000281. The summed E-state index contributed by atoms with van der Waals surface area (Å²) in [6.45, 7) is 0. The zero-order chi connectivity index (χ0) is 29.2. The van der Waals surface area contributed by atoms with Crippen LogP contribution in [0.4, 0.5) is 22.7 Å². The van der Waals surface area contributed by atoms with Gasteiger partial charge in [0.05, 0.1) is 22.4 Å².